The van der Waals surface area contributed by atoms with Crippen LogP contribution in [0.2, 0.25) is 0 Å². The highest BCUT2D eigenvalue weighted by molar-refractivity contribution is 5.18. The van der Waals surface area contributed by atoms with E-state index in [9.17, 15) is 9.50 Å². The predicted molar refractivity (Wildman–Crippen MR) is 77.6 cm³/mol. The average Bonchev–Trinajstić information content (AvgIpc) is 2.42. The van der Waals surface area contributed by atoms with Crippen molar-refractivity contribution in [1.82, 2.24) is 5.32 Å². The Balaban J connectivity index is 2.41. The van der Waals surface area contributed by atoms with Crippen LogP contribution in [-0.2, 0) is 0 Å². The molecule has 2 unspecified atom stereocenters. The maximum absolute atomic E-state index is 12.8. The molecule has 0 heterocycles. The van der Waals surface area contributed by atoms with Gasteiger partial charge in [0.25, 0.3) is 0 Å². The molecule has 1 aromatic carbocycles. The molecule has 0 aliphatic heterocycles. The summed E-state index contributed by atoms with van der Waals surface area (Å²) in [6.45, 7) is 4.90. The van der Waals surface area contributed by atoms with Gasteiger partial charge in [0.15, 0.2) is 0 Å². The minimum Gasteiger partial charge on any atom is -0.387 e. The molecule has 0 bridgehead atoms. The molecule has 0 spiro atoms. The van der Waals surface area contributed by atoms with Crippen LogP contribution < -0.4 is 5.32 Å². The lowest BCUT2D eigenvalue weighted by Gasteiger charge is -2.20. The van der Waals surface area contributed by atoms with Gasteiger partial charge in [-0.3, -0.25) is 0 Å². The highest BCUT2D eigenvalue weighted by atomic mass is 19.1. The fourth-order valence-electron chi connectivity index (χ4n) is 2.23. The van der Waals surface area contributed by atoms with Crippen LogP contribution in [0.15, 0.2) is 24.3 Å². The normalized spacial score (nSPS) is 14.3. The van der Waals surface area contributed by atoms with Crippen LogP contribution >= 0.6 is 0 Å². The number of hydrogen-bond acceptors (Lipinski definition) is 2. The highest BCUT2D eigenvalue weighted by Gasteiger charge is 2.11. The first-order valence-electron chi connectivity index (χ1n) is 7.34. The summed E-state index contributed by atoms with van der Waals surface area (Å²) in [5, 5.41) is 13.5. The minimum atomic E-state index is -0.568. The molecule has 0 amide bonds. The van der Waals surface area contributed by atoms with Crippen molar-refractivity contribution >= 4 is 0 Å². The van der Waals surface area contributed by atoms with Crippen molar-refractivity contribution in [3.05, 3.63) is 35.6 Å². The molecule has 0 radical (unpaired) electrons. The van der Waals surface area contributed by atoms with Crippen LogP contribution in [0.4, 0.5) is 4.39 Å². The highest BCUT2D eigenvalue weighted by Crippen LogP contribution is 2.14. The topological polar surface area (TPSA) is 32.3 Å². The molecule has 0 aliphatic rings. The van der Waals surface area contributed by atoms with E-state index in [2.05, 4.69) is 19.2 Å². The van der Waals surface area contributed by atoms with E-state index in [4.69, 9.17) is 0 Å². The molecule has 0 aromatic heterocycles. The van der Waals surface area contributed by atoms with E-state index in [0.717, 1.165) is 24.8 Å². The average molecular weight is 267 g/mol. The molecular formula is C16H26FNO. The van der Waals surface area contributed by atoms with E-state index in [1.807, 2.05) is 0 Å². The number of halogens is 1. The van der Waals surface area contributed by atoms with Gasteiger partial charge < -0.3 is 10.4 Å². The lowest BCUT2D eigenvalue weighted by atomic mass is 10.0. The minimum absolute atomic E-state index is 0.268. The van der Waals surface area contributed by atoms with Gasteiger partial charge in [-0.2, -0.15) is 0 Å². The first-order valence-corrected chi connectivity index (χ1v) is 7.34. The maximum atomic E-state index is 12.8. The second kappa shape index (κ2) is 9.05. The van der Waals surface area contributed by atoms with Gasteiger partial charge >= 0.3 is 0 Å². The quantitative estimate of drug-likeness (QED) is 0.713. The molecule has 0 saturated heterocycles. The van der Waals surface area contributed by atoms with Gasteiger partial charge in [-0.25, -0.2) is 4.39 Å². The molecule has 0 saturated carbocycles. The van der Waals surface area contributed by atoms with Crippen LogP contribution in [0.25, 0.3) is 0 Å². The van der Waals surface area contributed by atoms with Gasteiger partial charge in [-0.1, -0.05) is 45.2 Å². The Bertz CT molecular complexity index is 339. The molecular weight excluding hydrogens is 241 g/mol. The third-order valence-electron chi connectivity index (χ3n) is 3.40. The molecule has 2 N–H and O–H groups in total. The molecule has 3 heteroatoms. The Labute approximate surface area is 116 Å². The summed E-state index contributed by atoms with van der Waals surface area (Å²) in [5.41, 5.74) is 0.764. The molecule has 1 rings (SSSR count). The molecule has 2 atom stereocenters. The lowest BCUT2D eigenvalue weighted by molar-refractivity contribution is 0.167. The van der Waals surface area contributed by atoms with Crippen LogP contribution in [0.5, 0.6) is 0 Å². The third kappa shape index (κ3) is 6.17. The van der Waals surface area contributed by atoms with Gasteiger partial charge in [0.2, 0.25) is 0 Å². The van der Waals surface area contributed by atoms with E-state index in [1.54, 1.807) is 12.1 Å². The zero-order valence-corrected chi connectivity index (χ0v) is 12.0. The van der Waals surface area contributed by atoms with E-state index < -0.39 is 6.10 Å². The van der Waals surface area contributed by atoms with Crippen molar-refractivity contribution in [3.8, 4) is 0 Å². The molecule has 2 nitrogen and oxygen atoms in total. The molecule has 0 fully saturated rings. The van der Waals surface area contributed by atoms with Crippen molar-refractivity contribution < 1.29 is 9.50 Å². The fourth-order valence-corrected chi connectivity index (χ4v) is 2.23. The summed E-state index contributed by atoms with van der Waals surface area (Å²) in [4.78, 5) is 0. The summed E-state index contributed by atoms with van der Waals surface area (Å²) >= 11 is 0. The van der Waals surface area contributed by atoms with Gasteiger partial charge in [0, 0.05) is 12.6 Å². The van der Waals surface area contributed by atoms with E-state index in [-0.39, 0.29) is 5.82 Å². The van der Waals surface area contributed by atoms with Crippen molar-refractivity contribution in [3.63, 3.8) is 0 Å². The van der Waals surface area contributed by atoms with Gasteiger partial charge in [-0.05, 0) is 30.5 Å². The Morgan fingerprint density at radius 3 is 2.37 bits per heavy atom. The molecule has 19 heavy (non-hydrogen) atoms. The summed E-state index contributed by atoms with van der Waals surface area (Å²) in [5.74, 6) is -0.268. The number of aliphatic hydroxyl groups is 1. The largest absolute Gasteiger partial charge is 0.387 e. The van der Waals surface area contributed by atoms with Crippen molar-refractivity contribution in [1.29, 1.82) is 0 Å². The van der Waals surface area contributed by atoms with E-state index in [1.165, 1.54) is 25.0 Å². The van der Waals surface area contributed by atoms with E-state index >= 15 is 0 Å². The summed E-state index contributed by atoms with van der Waals surface area (Å²) < 4.78 is 12.8. The monoisotopic (exact) mass is 267 g/mol. The Morgan fingerprint density at radius 2 is 1.79 bits per heavy atom. The predicted octanol–water partition coefficient (Wildman–Crippen LogP) is 3.81. The summed E-state index contributed by atoms with van der Waals surface area (Å²) in [7, 11) is 0. The summed E-state index contributed by atoms with van der Waals surface area (Å²) in [6.07, 6.45) is 5.28. The third-order valence-corrected chi connectivity index (χ3v) is 3.40. The zero-order chi connectivity index (χ0) is 14.1. The fraction of sp³-hybridized carbons (Fsp3) is 0.625. The van der Waals surface area contributed by atoms with Crippen molar-refractivity contribution in [2.24, 2.45) is 0 Å². The van der Waals surface area contributed by atoms with Gasteiger partial charge in [0.05, 0.1) is 6.10 Å². The van der Waals surface area contributed by atoms with Crippen LogP contribution in [0.1, 0.15) is 57.6 Å². The van der Waals surface area contributed by atoms with Crippen LogP contribution in [0, 0.1) is 5.82 Å². The standard InChI is InChI=1S/C16H26FNO/c1-3-5-7-15(6-4-2)18-12-16(19)13-8-10-14(17)11-9-13/h8-11,15-16,18-19H,3-7,12H2,1-2H3. The van der Waals surface area contributed by atoms with E-state index in [0.29, 0.717) is 12.6 Å². The Kier molecular flexibility index (Phi) is 7.68. The smallest absolute Gasteiger partial charge is 0.123 e. The Hall–Kier alpha value is -0.930. The van der Waals surface area contributed by atoms with Crippen LogP contribution in [-0.4, -0.2) is 17.7 Å². The van der Waals surface area contributed by atoms with Crippen molar-refractivity contribution in [2.45, 2.75) is 58.1 Å². The van der Waals surface area contributed by atoms with Crippen LogP contribution in [0.3, 0.4) is 0 Å². The molecule has 1 aromatic rings. The maximum Gasteiger partial charge on any atom is 0.123 e. The second-order valence-electron chi connectivity index (χ2n) is 5.10. The summed E-state index contributed by atoms with van der Waals surface area (Å²) in [6, 6.07) is 6.53. The van der Waals surface area contributed by atoms with Gasteiger partial charge in [0.1, 0.15) is 5.82 Å². The number of rotatable bonds is 9. The molecule has 0 aliphatic carbocycles. The second-order valence-corrected chi connectivity index (χ2v) is 5.10. The number of nitrogens with one attached hydrogen (secondary N) is 1. The number of unbranched alkanes of at least 4 members (excludes halogenated alkanes) is 1. The Morgan fingerprint density at radius 1 is 1.11 bits per heavy atom. The molecule has 108 valence electrons. The van der Waals surface area contributed by atoms with Gasteiger partial charge in [-0.15, -0.1) is 0 Å². The zero-order valence-electron chi connectivity index (χ0n) is 12.0. The van der Waals surface area contributed by atoms with Crippen molar-refractivity contribution in [2.75, 3.05) is 6.54 Å². The number of hydrogen-bond donors (Lipinski definition) is 2. The lowest BCUT2D eigenvalue weighted by Crippen LogP contribution is -2.32. The SMILES string of the molecule is CCCCC(CCC)NCC(O)c1ccc(F)cc1. The number of aliphatic hydroxyl groups excluding tert-OH is 1. The first-order chi connectivity index (χ1) is 9.17. The number of benzene rings is 1. The first kappa shape index (κ1) is 16.1.